The lowest BCUT2D eigenvalue weighted by Gasteiger charge is -2.14. The first-order chi connectivity index (χ1) is 10.8. The Kier molecular flexibility index (Phi) is 7.25. The lowest BCUT2D eigenvalue weighted by Crippen LogP contribution is -2.23. The van der Waals surface area contributed by atoms with Crippen molar-refractivity contribution in [2.45, 2.75) is 24.7 Å². The molecule has 1 amide bonds. The highest BCUT2D eigenvalue weighted by atomic mass is 32.2. The summed E-state index contributed by atoms with van der Waals surface area (Å²) in [6.45, 7) is 2.68. The van der Waals surface area contributed by atoms with E-state index in [1.165, 1.54) is 33.3 Å². The van der Waals surface area contributed by atoms with Crippen molar-refractivity contribution in [2.24, 2.45) is 0 Å². The largest absolute Gasteiger partial charge is 0.495 e. The fourth-order valence-corrected chi connectivity index (χ4v) is 2.90. The molecule has 7 heteroatoms. The van der Waals surface area contributed by atoms with E-state index in [4.69, 9.17) is 4.74 Å². The summed E-state index contributed by atoms with van der Waals surface area (Å²) >= 11 is 0. The molecule has 0 heterocycles. The number of sulfonamides is 1. The standard InChI is InChI=1S/C16H24N2O4S/c1-5-6-11-17-16(19)10-8-13-7-9-14(22-4)15(12-13)23(20,21)18(2)3/h7-10,12H,5-6,11H2,1-4H3,(H,17,19)/b10-8+. The normalized spacial score (nSPS) is 11.9. The molecule has 0 radical (unpaired) electrons. The number of benzene rings is 1. The molecule has 0 atom stereocenters. The van der Waals surface area contributed by atoms with E-state index in [1.54, 1.807) is 18.2 Å². The van der Waals surface area contributed by atoms with Gasteiger partial charge < -0.3 is 10.1 Å². The number of amides is 1. The summed E-state index contributed by atoms with van der Waals surface area (Å²) < 4.78 is 30.9. The Hall–Kier alpha value is -1.86. The zero-order valence-electron chi connectivity index (χ0n) is 14.0. The van der Waals surface area contributed by atoms with E-state index in [1.807, 2.05) is 6.92 Å². The van der Waals surface area contributed by atoms with Crippen LogP contribution in [0.15, 0.2) is 29.2 Å². The molecule has 0 aromatic heterocycles. The number of nitrogens with zero attached hydrogens (tertiary/aromatic N) is 1. The lowest BCUT2D eigenvalue weighted by molar-refractivity contribution is -0.116. The molecule has 0 unspecified atom stereocenters. The zero-order valence-corrected chi connectivity index (χ0v) is 14.8. The first-order valence-corrected chi connectivity index (χ1v) is 8.83. The Morgan fingerprint density at radius 3 is 2.61 bits per heavy atom. The molecule has 0 saturated carbocycles. The molecule has 1 aromatic carbocycles. The van der Waals surface area contributed by atoms with Gasteiger partial charge in [-0.1, -0.05) is 19.4 Å². The van der Waals surface area contributed by atoms with Crippen LogP contribution in [-0.2, 0) is 14.8 Å². The van der Waals surface area contributed by atoms with E-state index < -0.39 is 10.0 Å². The highest BCUT2D eigenvalue weighted by Gasteiger charge is 2.22. The second-order valence-corrected chi connectivity index (χ2v) is 7.30. The van der Waals surface area contributed by atoms with E-state index >= 15 is 0 Å². The van der Waals surface area contributed by atoms with Crippen LogP contribution in [0.2, 0.25) is 0 Å². The third-order valence-electron chi connectivity index (χ3n) is 3.20. The van der Waals surface area contributed by atoms with Crippen molar-refractivity contribution in [3.63, 3.8) is 0 Å². The molecule has 0 fully saturated rings. The summed E-state index contributed by atoms with van der Waals surface area (Å²) in [6.07, 6.45) is 4.90. The van der Waals surface area contributed by atoms with Crippen LogP contribution < -0.4 is 10.1 Å². The summed E-state index contributed by atoms with van der Waals surface area (Å²) in [7, 11) is 0.707. The first kappa shape index (κ1) is 19.2. The SMILES string of the molecule is CCCCNC(=O)/C=C/c1ccc(OC)c(S(=O)(=O)N(C)C)c1. The smallest absolute Gasteiger partial charge is 0.246 e. The van der Waals surface area contributed by atoms with E-state index in [2.05, 4.69) is 5.32 Å². The van der Waals surface area contributed by atoms with Gasteiger partial charge in [-0.15, -0.1) is 0 Å². The van der Waals surface area contributed by atoms with Gasteiger partial charge in [0.15, 0.2) is 0 Å². The van der Waals surface area contributed by atoms with E-state index in [-0.39, 0.29) is 16.6 Å². The maximum absolute atomic E-state index is 12.3. The van der Waals surface area contributed by atoms with Gasteiger partial charge >= 0.3 is 0 Å². The van der Waals surface area contributed by atoms with Gasteiger partial charge in [0.05, 0.1) is 7.11 Å². The minimum absolute atomic E-state index is 0.0681. The van der Waals surface area contributed by atoms with Crippen LogP contribution in [-0.4, -0.2) is 46.4 Å². The zero-order chi connectivity index (χ0) is 17.5. The maximum Gasteiger partial charge on any atom is 0.246 e. The Morgan fingerprint density at radius 1 is 1.35 bits per heavy atom. The molecule has 1 N–H and O–H groups in total. The Bertz CT molecular complexity index is 667. The van der Waals surface area contributed by atoms with E-state index in [0.29, 0.717) is 12.1 Å². The maximum atomic E-state index is 12.3. The van der Waals surface area contributed by atoms with Crippen LogP contribution in [0.25, 0.3) is 6.08 Å². The first-order valence-electron chi connectivity index (χ1n) is 7.39. The fourth-order valence-electron chi connectivity index (χ4n) is 1.81. The van der Waals surface area contributed by atoms with E-state index in [9.17, 15) is 13.2 Å². The van der Waals surface area contributed by atoms with E-state index in [0.717, 1.165) is 17.1 Å². The van der Waals surface area contributed by atoms with Gasteiger partial charge in [-0.2, -0.15) is 0 Å². The molecule has 0 bridgehead atoms. The van der Waals surface area contributed by atoms with Crippen LogP contribution in [0.1, 0.15) is 25.3 Å². The molecule has 0 aliphatic carbocycles. The van der Waals surface area contributed by atoms with Gasteiger partial charge in [0.25, 0.3) is 0 Å². The van der Waals surface area contributed by atoms with Crippen molar-refractivity contribution in [3.8, 4) is 5.75 Å². The van der Waals surface area contributed by atoms with Gasteiger partial charge in [-0.3, -0.25) is 4.79 Å². The number of rotatable bonds is 8. The Morgan fingerprint density at radius 2 is 2.04 bits per heavy atom. The quantitative estimate of drug-likeness (QED) is 0.579. The molecule has 0 spiro atoms. The lowest BCUT2D eigenvalue weighted by atomic mass is 10.2. The molecule has 1 rings (SSSR count). The molecule has 0 aliphatic rings. The van der Waals surface area contributed by atoms with Crippen molar-refractivity contribution in [1.29, 1.82) is 0 Å². The summed E-state index contributed by atoms with van der Waals surface area (Å²) in [5, 5.41) is 2.76. The minimum Gasteiger partial charge on any atom is -0.495 e. The number of ether oxygens (including phenoxy) is 1. The van der Waals surface area contributed by atoms with Gasteiger partial charge in [0.2, 0.25) is 15.9 Å². The molecule has 6 nitrogen and oxygen atoms in total. The van der Waals surface area contributed by atoms with Crippen LogP contribution in [0.3, 0.4) is 0 Å². The van der Waals surface area contributed by atoms with Gasteiger partial charge in [-0.25, -0.2) is 12.7 Å². The summed E-state index contributed by atoms with van der Waals surface area (Å²) in [4.78, 5) is 11.7. The third kappa shape index (κ3) is 5.37. The van der Waals surface area contributed by atoms with Crippen molar-refractivity contribution in [3.05, 3.63) is 29.8 Å². The predicted octanol–water partition coefficient (Wildman–Crippen LogP) is 1.88. The molecular weight excluding hydrogens is 316 g/mol. The highest BCUT2D eigenvalue weighted by Crippen LogP contribution is 2.27. The minimum atomic E-state index is -3.62. The Balaban J connectivity index is 3.01. The highest BCUT2D eigenvalue weighted by molar-refractivity contribution is 7.89. The fraction of sp³-hybridized carbons (Fsp3) is 0.438. The number of hydrogen-bond donors (Lipinski definition) is 1. The summed E-state index contributed by atoms with van der Waals surface area (Å²) in [5.74, 6) is 0.0644. The number of unbranched alkanes of at least 4 members (excludes halogenated alkanes) is 1. The number of methoxy groups -OCH3 is 1. The topological polar surface area (TPSA) is 75.7 Å². The predicted molar refractivity (Wildman–Crippen MR) is 90.8 cm³/mol. The van der Waals surface area contributed by atoms with Gasteiger partial charge in [-0.05, 0) is 30.2 Å². The van der Waals surface area contributed by atoms with Crippen LogP contribution in [0.4, 0.5) is 0 Å². The van der Waals surface area contributed by atoms with Crippen LogP contribution >= 0.6 is 0 Å². The molecule has 0 aliphatic heterocycles. The molecule has 1 aromatic rings. The van der Waals surface area contributed by atoms with Crippen molar-refractivity contribution < 1.29 is 17.9 Å². The van der Waals surface area contributed by atoms with Crippen molar-refractivity contribution in [2.75, 3.05) is 27.7 Å². The Labute approximate surface area is 138 Å². The molecular formula is C16H24N2O4S. The number of nitrogens with one attached hydrogen (secondary N) is 1. The monoisotopic (exact) mass is 340 g/mol. The van der Waals surface area contributed by atoms with Gasteiger partial charge in [0.1, 0.15) is 10.6 Å². The third-order valence-corrected chi connectivity index (χ3v) is 5.04. The van der Waals surface area contributed by atoms with Crippen molar-refractivity contribution in [1.82, 2.24) is 9.62 Å². The molecule has 128 valence electrons. The number of carbonyl (C=O) groups excluding carboxylic acids is 1. The summed E-state index contributed by atoms with van der Waals surface area (Å²) in [6, 6.07) is 4.76. The van der Waals surface area contributed by atoms with Crippen molar-refractivity contribution >= 4 is 22.0 Å². The summed E-state index contributed by atoms with van der Waals surface area (Å²) in [5.41, 5.74) is 0.608. The van der Waals surface area contributed by atoms with Crippen LogP contribution in [0, 0.1) is 0 Å². The second-order valence-electron chi connectivity index (χ2n) is 5.18. The number of carbonyl (C=O) groups is 1. The average molecular weight is 340 g/mol. The molecule has 23 heavy (non-hydrogen) atoms. The average Bonchev–Trinajstić information content (AvgIpc) is 2.52. The number of hydrogen-bond acceptors (Lipinski definition) is 4. The second kappa shape index (κ2) is 8.69. The molecule has 0 saturated heterocycles. The van der Waals surface area contributed by atoms with Gasteiger partial charge in [0, 0.05) is 26.7 Å². The van der Waals surface area contributed by atoms with Crippen LogP contribution in [0.5, 0.6) is 5.75 Å².